The minimum atomic E-state index is -1.24. The van der Waals surface area contributed by atoms with Gasteiger partial charge in [-0.1, -0.05) is 23.2 Å². The quantitative estimate of drug-likeness (QED) is 0.275. The van der Waals surface area contributed by atoms with Crippen molar-refractivity contribution in [2.24, 2.45) is 4.99 Å². The van der Waals surface area contributed by atoms with Crippen molar-refractivity contribution in [3.05, 3.63) is 51.5 Å². The van der Waals surface area contributed by atoms with E-state index in [0.29, 0.717) is 18.2 Å². The number of aromatic hydroxyl groups is 2. The summed E-state index contributed by atoms with van der Waals surface area (Å²) in [4.78, 5) is 40.6. The van der Waals surface area contributed by atoms with Crippen molar-refractivity contribution in [3.63, 3.8) is 0 Å². The molecule has 186 valence electrons. The number of rotatable bonds is 8. The molecule has 1 heterocycles. The summed E-state index contributed by atoms with van der Waals surface area (Å²) in [6.07, 6.45) is 0.335. The van der Waals surface area contributed by atoms with Crippen molar-refractivity contribution in [2.75, 3.05) is 25.0 Å². The fourth-order valence-electron chi connectivity index (χ4n) is 3.34. The molecule has 0 radical (unpaired) electrons. The number of benzene rings is 2. The van der Waals surface area contributed by atoms with Gasteiger partial charge in [0.05, 0.1) is 24.0 Å². The zero-order chi connectivity index (χ0) is 25.5. The van der Waals surface area contributed by atoms with Crippen LogP contribution in [0.1, 0.15) is 34.8 Å². The van der Waals surface area contributed by atoms with Crippen molar-refractivity contribution < 1.29 is 29.7 Å². The number of hydrogen-bond acceptors (Lipinski definition) is 8. The highest BCUT2D eigenvalue weighted by molar-refractivity contribution is 6.35. The molecule has 2 aromatic rings. The summed E-state index contributed by atoms with van der Waals surface area (Å²) in [5, 5.41) is 40.3. The second kappa shape index (κ2) is 11.6. The average molecular weight is 524 g/mol. The molecular weight excluding hydrogens is 501 g/mol. The number of nitrogens with one attached hydrogen (secondary N) is 4. The third-order valence-corrected chi connectivity index (χ3v) is 5.40. The number of carbonyl (C=O) groups excluding carboxylic acids is 2. The molecule has 2 aromatic carbocycles. The molecule has 1 atom stereocenters. The van der Waals surface area contributed by atoms with Crippen molar-refractivity contribution in [3.8, 4) is 11.5 Å². The lowest BCUT2D eigenvalue weighted by Crippen LogP contribution is -2.39. The summed E-state index contributed by atoms with van der Waals surface area (Å²) in [7, 11) is 0. The van der Waals surface area contributed by atoms with Gasteiger partial charge in [0.1, 0.15) is 11.5 Å². The number of guanidine groups is 1. The van der Waals surface area contributed by atoms with Gasteiger partial charge in [0.25, 0.3) is 5.91 Å². The molecule has 2 amide bonds. The number of hydrogen-bond donors (Lipinski definition) is 7. The van der Waals surface area contributed by atoms with Crippen LogP contribution in [-0.2, 0) is 9.59 Å². The first kappa shape index (κ1) is 25.9. The lowest BCUT2D eigenvalue weighted by atomic mass is 10.0. The summed E-state index contributed by atoms with van der Waals surface area (Å²) in [5.41, 5.74) is 0.521. The van der Waals surface area contributed by atoms with E-state index in [9.17, 15) is 29.7 Å². The molecule has 11 nitrogen and oxygen atoms in total. The summed E-state index contributed by atoms with van der Waals surface area (Å²) in [5.74, 6) is -2.69. The third-order valence-electron chi connectivity index (χ3n) is 4.90. The van der Waals surface area contributed by atoms with Crippen LogP contribution in [0.25, 0.3) is 0 Å². The van der Waals surface area contributed by atoms with Crippen molar-refractivity contribution >= 4 is 52.6 Å². The van der Waals surface area contributed by atoms with Crippen molar-refractivity contribution in [2.45, 2.75) is 18.9 Å². The van der Waals surface area contributed by atoms with Crippen LogP contribution in [0.15, 0.2) is 35.3 Å². The molecule has 0 saturated carbocycles. The molecule has 0 fully saturated rings. The van der Waals surface area contributed by atoms with E-state index in [1.165, 1.54) is 30.3 Å². The second-order valence-electron chi connectivity index (χ2n) is 7.63. The Labute approximate surface area is 210 Å². The van der Waals surface area contributed by atoms with E-state index >= 15 is 0 Å². The Bertz CT molecular complexity index is 1170. The molecule has 3 rings (SSSR count). The van der Waals surface area contributed by atoms with Gasteiger partial charge in [-0.15, -0.1) is 0 Å². The number of carbonyl (C=O) groups is 3. The molecule has 7 N–H and O–H groups in total. The summed E-state index contributed by atoms with van der Waals surface area (Å²) < 4.78 is 0. The van der Waals surface area contributed by atoms with Gasteiger partial charge >= 0.3 is 5.97 Å². The van der Waals surface area contributed by atoms with Crippen molar-refractivity contribution in [1.29, 1.82) is 0 Å². The smallest absolute Gasteiger partial charge is 0.305 e. The number of aliphatic imine (C=N–C) groups is 1. The maximum absolute atomic E-state index is 12.6. The van der Waals surface area contributed by atoms with E-state index in [0.717, 1.165) is 13.0 Å². The van der Waals surface area contributed by atoms with Gasteiger partial charge < -0.3 is 36.6 Å². The van der Waals surface area contributed by atoms with E-state index < -0.39 is 42.5 Å². The van der Waals surface area contributed by atoms with E-state index in [1.807, 2.05) is 0 Å². The Hall–Kier alpha value is -3.70. The highest BCUT2D eigenvalue weighted by Crippen LogP contribution is 2.36. The SMILES string of the molecule is O=C(O)C[C@@H](NC(=O)CNC(=O)c1cc(O)cc(NC2=NCCCN2)c1)c1cc(Cl)cc(Cl)c1O. The van der Waals surface area contributed by atoms with Gasteiger partial charge in [-0.05, 0) is 30.7 Å². The van der Waals surface area contributed by atoms with Gasteiger partial charge in [-0.2, -0.15) is 0 Å². The van der Waals surface area contributed by atoms with Crippen LogP contribution in [0.4, 0.5) is 5.69 Å². The van der Waals surface area contributed by atoms with Crippen LogP contribution in [0.2, 0.25) is 10.0 Å². The predicted octanol–water partition coefficient (Wildman–Crippen LogP) is 2.23. The number of phenolic OH excluding ortho intramolecular Hbond substituents is 2. The van der Waals surface area contributed by atoms with Crippen LogP contribution in [0.3, 0.4) is 0 Å². The van der Waals surface area contributed by atoms with Gasteiger partial charge in [0.2, 0.25) is 5.91 Å². The first-order chi connectivity index (χ1) is 16.6. The van der Waals surface area contributed by atoms with Gasteiger partial charge in [0.15, 0.2) is 5.96 Å². The van der Waals surface area contributed by atoms with E-state index in [2.05, 4.69) is 26.3 Å². The monoisotopic (exact) mass is 523 g/mol. The fraction of sp³-hybridized carbons (Fsp3) is 0.273. The summed E-state index contributed by atoms with van der Waals surface area (Å²) in [6, 6.07) is 5.53. The molecule has 0 bridgehead atoms. The number of carboxylic acids is 1. The Morgan fingerprint density at radius 1 is 1.11 bits per heavy atom. The predicted molar refractivity (Wildman–Crippen MR) is 130 cm³/mol. The minimum Gasteiger partial charge on any atom is -0.508 e. The molecule has 1 aliphatic heterocycles. The van der Waals surface area contributed by atoms with E-state index in [1.54, 1.807) is 0 Å². The van der Waals surface area contributed by atoms with Crippen LogP contribution >= 0.6 is 23.2 Å². The maximum Gasteiger partial charge on any atom is 0.305 e. The second-order valence-corrected chi connectivity index (χ2v) is 8.47. The van der Waals surface area contributed by atoms with Gasteiger partial charge in [0, 0.05) is 41.0 Å². The average Bonchev–Trinajstić information content (AvgIpc) is 2.79. The summed E-state index contributed by atoms with van der Waals surface area (Å²) >= 11 is 11.9. The topological polar surface area (TPSA) is 172 Å². The molecule has 13 heteroatoms. The van der Waals surface area contributed by atoms with Gasteiger partial charge in [-0.25, -0.2) is 0 Å². The molecule has 1 aliphatic rings. The fourth-order valence-corrected chi connectivity index (χ4v) is 3.85. The molecule has 0 saturated heterocycles. The zero-order valence-corrected chi connectivity index (χ0v) is 19.8. The maximum atomic E-state index is 12.6. The lowest BCUT2D eigenvalue weighted by Gasteiger charge is -2.20. The van der Waals surface area contributed by atoms with Crippen LogP contribution < -0.4 is 21.3 Å². The highest BCUT2D eigenvalue weighted by Gasteiger charge is 2.23. The molecule has 0 unspecified atom stereocenters. The number of nitrogens with zero attached hydrogens (tertiary/aromatic N) is 1. The Morgan fingerprint density at radius 3 is 2.57 bits per heavy atom. The summed E-state index contributed by atoms with van der Waals surface area (Å²) in [6.45, 7) is 0.893. The van der Waals surface area contributed by atoms with E-state index in [-0.39, 0.29) is 26.9 Å². The lowest BCUT2D eigenvalue weighted by molar-refractivity contribution is -0.137. The number of amides is 2. The first-order valence-corrected chi connectivity index (χ1v) is 11.2. The number of halogens is 2. The number of anilines is 1. The van der Waals surface area contributed by atoms with Crippen LogP contribution in [0.5, 0.6) is 11.5 Å². The van der Waals surface area contributed by atoms with Crippen molar-refractivity contribution in [1.82, 2.24) is 16.0 Å². The Kier molecular flexibility index (Phi) is 8.61. The molecule has 35 heavy (non-hydrogen) atoms. The molecule has 0 aliphatic carbocycles. The molecule has 0 spiro atoms. The highest BCUT2D eigenvalue weighted by atomic mass is 35.5. The largest absolute Gasteiger partial charge is 0.508 e. The third kappa shape index (κ3) is 7.39. The number of carboxylic acid groups (broad SMARTS) is 1. The molecular formula is C22H23Cl2N5O6. The minimum absolute atomic E-state index is 0.0208. The van der Waals surface area contributed by atoms with Crippen LogP contribution in [0, 0.1) is 0 Å². The standard InChI is InChI=1S/C22H23Cl2N5O6/c23-12-6-15(20(34)16(24)7-12)17(9-19(32)33)29-18(31)10-27-21(35)11-4-13(8-14(30)5-11)28-22-25-2-1-3-26-22/h4-8,17,30,34H,1-3,9-10H2,(H,27,35)(H,29,31)(H,32,33)(H2,25,26,28)/t17-/m1/s1. The van der Waals surface area contributed by atoms with E-state index in [4.69, 9.17) is 23.2 Å². The normalized spacial score (nSPS) is 13.7. The Morgan fingerprint density at radius 2 is 1.89 bits per heavy atom. The van der Waals surface area contributed by atoms with Crippen LogP contribution in [-0.4, -0.2) is 58.7 Å². The van der Waals surface area contributed by atoms with Gasteiger partial charge in [-0.3, -0.25) is 19.4 Å². The number of aliphatic carboxylic acids is 1. The Balaban J connectivity index is 1.66. The first-order valence-electron chi connectivity index (χ1n) is 10.5. The molecule has 0 aromatic heterocycles. The number of phenols is 2. The zero-order valence-electron chi connectivity index (χ0n) is 18.3.